The molecule has 0 spiro atoms. The van der Waals surface area contributed by atoms with E-state index in [9.17, 15) is 4.79 Å². The van der Waals surface area contributed by atoms with Gasteiger partial charge in [-0.3, -0.25) is 4.79 Å². The van der Waals surface area contributed by atoms with Crippen molar-refractivity contribution >= 4 is 5.78 Å². The van der Waals surface area contributed by atoms with Gasteiger partial charge >= 0.3 is 0 Å². The smallest absolute Gasteiger partial charge is 0.159 e. The lowest BCUT2D eigenvalue weighted by molar-refractivity contribution is 0.101. The Labute approximate surface area is 149 Å². The summed E-state index contributed by atoms with van der Waals surface area (Å²) >= 11 is 0. The Morgan fingerprint density at radius 2 is 1.60 bits per heavy atom. The van der Waals surface area contributed by atoms with Gasteiger partial charge in [-0.2, -0.15) is 0 Å². The van der Waals surface area contributed by atoms with Gasteiger partial charge in [0, 0.05) is 17.5 Å². The summed E-state index contributed by atoms with van der Waals surface area (Å²) in [7, 11) is 0. The second-order valence-electron chi connectivity index (χ2n) is 6.55. The van der Waals surface area contributed by atoms with Gasteiger partial charge in [-0.1, -0.05) is 54.6 Å². The lowest BCUT2D eigenvalue weighted by atomic mass is 9.97. The second kappa shape index (κ2) is 7.52. The highest BCUT2D eigenvalue weighted by molar-refractivity contribution is 5.94. The minimum Gasteiger partial charge on any atom is -0.465 e. The van der Waals surface area contributed by atoms with Gasteiger partial charge < -0.3 is 4.42 Å². The predicted molar refractivity (Wildman–Crippen MR) is 102 cm³/mol. The van der Waals surface area contributed by atoms with Crippen LogP contribution in [0.5, 0.6) is 0 Å². The molecule has 0 unspecified atom stereocenters. The summed E-state index contributed by atoms with van der Waals surface area (Å²) in [5.74, 6) is 2.11. The molecule has 0 aliphatic carbocycles. The van der Waals surface area contributed by atoms with Crippen LogP contribution in [0, 0.1) is 13.8 Å². The summed E-state index contributed by atoms with van der Waals surface area (Å²) in [6.45, 7) is 5.72. The Bertz CT molecular complexity index is 855. The quantitative estimate of drug-likeness (QED) is 0.523. The molecule has 2 heteroatoms. The summed E-state index contributed by atoms with van der Waals surface area (Å²) in [5.41, 5.74) is 5.59. The van der Waals surface area contributed by atoms with Gasteiger partial charge in [-0.05, 0) is 50.3 Å². The minimum atomic E-state index is 0.0923. The third kappa shape index (κ3) is 3.90. The first-order valence-electron chi connectivity index (χ1n) is 8.80. The average Bonchev–Trinajstić information content (AvgIpc) is 2.90. The molecule has 0 saturated carbocycles. The predicted octanol–water partition coefficient (Wildman–Crippen LogP) is 5.94. The van der Waals surface area contributed by atoms with Crippen LogP contribution in [0.4, 0.5) is 0 Å². The largest absolute Gasteiger partial charge is 0.465 e. The van der Waals surface area contributed by atoms with E-state index in [1.165, 1.54) is 16.7 Å². The molecule has 128 valence electrons. The molecule has 0 aliphatic heterocycles. The van der Waals surface area contributed by atoms with Crippen LogP contribution in [-0.2, 0) is 12.8 Å². The average molecular weight is 332 g/mol. The van der Waals surface area contributed by atoms with Crippen molar-refractivity contribution in [1.29, 1.82) is 0 Å². The summed E-state index contributed by atoms with van der Waals surface area (Å²) in [4.78, 5) is 11.5. The fourth-order valence-electron chi connectivity index (χ4n) is 3.22. The van der Waals surface area contributed by atoms with E-state index < -0.39 is 0 Å². The van der Waals surface area contributed by atoms with E-state index in [2.05, 4.69) is 31.2 Å². The molecule has 0 atom stereocenters. The summed E-state index contributed by atoms with van der Waals surface area (Å²) in [5, 5.41) is 0. The molecule has 3 rings (SSSR count). The zero-order valence-electron chi connectivity index (χ0n) is 15.1. The number of hydrogen-bond donors (Lipinski definition) is 0. The van der Waals surface area contributed by atoms with Gasteiger partial charge in [0.25, 0.3) is 0 Å². The normalized spacial score (nSPS) is 10.8. The van der Waals surface area contributed by atoms with E-state index in [0.29, 0.717) is 0 Å². The number of rotatable bonds is 6. The van der Waals surface area contributed by atoms with Crippen LogP contribution in [0.15, 0.2) is 59.0 Å². The third-order valence-electron chi connectivity index (χ3n) is 4.75. The maximum Gasteiger partial charge on any atom is 0.159 e. The molecule has 1 heterocycles. The molecule has 1 aromatic heterocycles. The number of ketones is 1. The van der Waals surface area contributed by atoms with Gasteiger partial charge in [-0.15, -0.1) is 0 Å². The SMILES string of the molecule is CC(=O)c1ccc(-c2c(CCCc3ccccc3)oc(C)c2C)cc1. The number of aryl methyl sites for hydroxylation is 3. The molecule has 0 amide bonds. The molecule has 0 bridgehead atoms. The van der Waals surface area contributed by atoms with Crippen LogP contribution in [0.2, 0.25) is 0 Å². The topological polar surface area (TPSA) is 30.2 Å². The molecule has 2 nitrogen and oxygen atoms in total. The van der Waals surface area contributed by atoms with E-state index in [0.717, 1.165) is 41.9 Å². The first-order chi connectivity index (χ1) is 12.1. The first kappa shape index (κ1) is 17.2. The Kier molecular flexibility index (Phi) is 5.18. The number of hydrogen-bond acceptors (Lipinski definition) is 2. The van der Waals surface area contributed by atoms with Crippen molar-refractivity contribution in [3.8, 4) is 11.1 Å². The maximum atomic E-state index is 11.5. The maximum absolute atomic E-state index is 11.5. The molecule has 0 aliphatic rings. The third-order valence-corrected chi connectivity index (χ3v) is 4.75. The van der Waals surface area contributed by atoms with Crippen LogP contribution in [0.1, 0.15) is 46.3 Å². The molecule has 25 heavy (non-hydrogen) atoms. The van der Waals surface area contributed by atoms with E-state index in [1.807, 2.05) is 37.3 Å². The summed E-state index contributed by atoms with van der Waals surface area (Å²) < 4.78 is 6.05. The fourth-order valence-corrected chi connectivity index (χ4v) is 3.22. The lowest BCUT2D eigenvalue weighted by Crippen LogP contribution is -1.93. The van der Waals surface area contributed by atoms with Crippen LogP contribution in [-0.4, -0.2) is 5.78 Å². The van der Waals surface area contributed by atoms with Crippen LogP contribution in [0.25, 0.3) is 11.1 Å². The number of carbonyl (C=O) groups is 1. The van der Waals surface area contributed by atoms with Crippen molar-refractivity contribution < 1.29 is 9.21 Å². The highest BCUT2D eigenvalue weighted by Gasteiger charge is 2.16. The second-order valence-corrected chi connectivity index (χ2v) is 6.55. The van der Waals surface area contributed by atoms with Crippen molar-refractivity contribution in [1.82, 2.24) is 0 Å². The van der Waals surface area contributed by atoms with Crippen molar-refractivity contribution in [3.63, 3.8) is 0 Å². The fraction of sp³-hybridized carbons (Fsp3) is 0.261. The minimum absolute atomic E-state index is 0.0923. The monoisotopic (exact) mass is 332 g/mol. The van der Waals surface area contributed by atoms with E-state index in [4.69, 9.17) is 4.42 Å². The lowest BCUT2D eigenvalue weighted by Gasteiger charge is -2.06. The number of carbonyl (C=O) groups excluding carboxylic acids is 1. The zero-order valence-corrected chi connectivity index (χ0v) is 15.1. The molecule has 3 aromatic rings. The zero-order chi connectivity index (χ0) is 17.8. The van der Waals surface area contributed by atoms with E-state index in [-0.39, 0.29) is 5.78 Å². The van der Waals surface area contributed by atoms with Gasteiger partial charge in [-0.25, -0.2) is 0 Å². The molecule has 0 fully saturated rings. The molecular formula is C23H24O2. The Hall–Kier alpha value is -2.61. The molecular weight excluding hydrogens is 308 g/mol. The Morgan fingerprint density at radius 1 is 0.920 bits per heavy atom. The van der Waals surface area contributed by atoms with Gasteiger partial charge in [0.05, 0.1) is 0 Å². The van der Waals surface area contributed by atoms with Crippen molar-refractivity contribution in [2.45, 2.75) is 40.0 Å². The number of benzene rings is 2. The van der Waals surface area contributed by atoms with Gasteiger partial charge in [0.2, 0.25) is 0 Å². The summed E-state index contributed by atoms with van der Waals surface area (Å²) in [6.07, 6.45) is 3.00. The highest BCUT2D eigenvalue weighted by Crippen LogP contribution is 2.33. The Morgan fingerprint density at radius 3 is 2.24 bits per heavy atom. The van der Waals surface area contributed by atoms with Gasteiger partial charge in [0.15, 0.2) is 5.78 Å². The standard InChI is InChI=1S/C23H24O2/c1-16-18(3)25-22(11-7-10-19-8-5-4-6-9-19)23(16)21-14-12-20(13-15-21)17(2)24/h4-6,8-9,12-15H,7,10-11H2,1-3H3. The first-order valence-corrected chi connectivity index (χ1v) is 8.80. The number of Topliss-reactive ketones (excluding diaryl/α,β-unsaturated/α-hetero) is 1. The highest BCUT2D eigenvalue weighted by atomic mass is 16.3. The molecule has 0 N–H and O–H groups in total. The van der Waals surface area contributed by atoms with E-state index in [1.54, 1.807) is 6.92 Å². The van der Waals surface area contributed by atoms with Crippen LogP contribution < -0.4 is 0 Å². The number of furan rings is 1. The summed E-state index contributed by atoms with van der Waals surface area (Å²) in [6, 6.07) is 18.4. The van der Waals surface area contributed by atoms with Gasteiger partial charge in [0.1, 0.15) is 11.5 Å². The van der Waals surface area contributed by atoms with Crippen molar-refractivity contribution in [2.75, 3.05) is 0 Å². The molecule has 0 radical (unpaired) electrons. The van der Waals surface area contributed by atoms with E-state index >= 15 is 0 Å². The van der Waals surface area contributed by atoms with Crippen molar-refractivity contribution in [3.05, 3.63) is 82.8 Å². The van der Waals surface area contributed by atoms with Crippen LogP contribution in [0.3, 0.4) is 0 Å². The van der Waals surface area contributed by atoms with Crippen molar-refractivity contribution in [2.24, 2.45) is 0 Å². The Balaban J connectivity index is 1.81. The molecule has 2 aromatic carbocycles. The van der Waals surface area contributed by atoms with Crippen LogP contribution >= 0.6 is 0 Å². The molecule has 0 saturated heterocycles.